The molecule has 0 bridgehead atoms. The van der Waals surface area contributed by atoms with Crippen LogP contribution >= 0.6 is 0 Å². The first-order valence-electron chi connectivity index (χ1n) is 5.96. The van der Waals surface area contributed by atoms with Gasteiger partial charge in [0.25, 0.3) is 0 Å². The minimum atomic E-state index is 0.431. The standard InChI is InChI=1S/C12H26N2/c1-11(9-13-4)10-14-8-6-5-7-12(14,2)3/h11,13H,5-10H2,1-4H3. The highest BCUT2D eigenvalue weighted by atomic mass is 15.2. The molecular weight excluding hydrogens is 172 g/mol. The molecule has 1 fully saturated rings. The van der Waals surface area contributed by atoms with E-state index < -0.39 is 0 Å². The molecule has 2 heteroatoms. The molecule has 0 aromatic rings. The minimum absolute atomic E-state index is 0.431. The predicted molar refractivity (Wildman–Crippen MR) is 62.6 cm³/mol. The van der Waals surface area contributed by atoms with Crippen molar-refractivity contribution < 1.29 is 0 Å². The molecule has 2 nitrogen and oxygen atoms in total. The van der Waals surface area contributed by atoms with Gasteiger partial charge in [0.2, 0.25) is 0 Å². The van der Waals surface area contributed by atoms with E-state index in [2.05, 4.69) is 31.0 Å². The lowest BCUT2D eigenvalue weighted by Gasteiger charge is -2.43. The van der Waals surface area contributed by atoms with Crippen molar-refractivity contribution in [3.63, 3.8) is 0 Å². The van der Waals surface area contributed by atoms with Gasteiger partial charge in [-0.25, -0.2) is 0 Å². The molecule has 0 aromatic heterocycles. The highest BCUT2D eigenvalue weighted by Crippen LogP contribution is 2.27. The van der Waals surface area contributed by atoms with Gasteiger partial charge < -0.3 is 5.32 Å². The van der Waals surface area contributed by atoms with Crippen LogP contribution < -0.4 is 5.32 Å². The Bertz CT molecular complexity index is 166. The van der Waals surface area contributed by atoms with E-state index in [4.69, 9.17) is 0 Å². The SMILES string of the molecule is CNCC(C)CN1CCCCC1(C)C. The summed E-state index contributed by atoms with van der Waals surface area (Å²) in [5.41, 5.74) is 0.431. The summed E-state index contributed by atoms with van der Waals surface area (Å²) in [5.74, 6) is 0.761. The molecule has 1 atom stereocenters. The molecule has 1 saturated heterocycles. The molecule has 0 aliphatic carbocycles. The van der Waals surface area contributed by atoms with Crippen molar-refractivity contribution in [3.05, 3.63) is 0 Å². The summed E-state index contributed by atoms with van der Waals surface area (Å²) < 4.78 is 0. The van der Waals surface area contributed by atoms with E-state index in [1.807, 2.05) is 7.05 Å². The number of hydrogen-bond donors (Lipinski definition) is 1. The van der Waals surface area contributed by atoms with Crippen molar-refractivity contribution in [2.75, 3.05) is 26.7 Å². The van der Waals surface area contributed by atoms with Crippen LogP contribution in [-0.2, 0) is 0 Å². The van der Waals surface area contributed by atoms with Gasteiger partial charge in [-0.15, -0.1) is 0 Å². The van der Waals surface area contributed by atoms with Gasteiger partial charge in [-0.2, -0.15) is 0 Å². The van der Waals surface area contributed by atoms with E-state index in [-0.39, 0.29) is 0 Å². The van der Waals surface area contributed by atoms with E-state index in [0.29, 0.717) is 5.54 Å². The average molecular weight is 198 g/mol. The molecule has 1 aliphatic rings. The van der Waals surface area contributed by atoms with Crippen LogP contribution in [0.3, 0.4) is 0 Å². The Morgan fingerprint density at radius 3 is 2.64 bits per heavy atom. The first-order valence-corrected chi connectivity index (χ1v) is 5.96. The fourth-order valence-electron chi connectivity index (χ4n) is 2.45. The molecule has 0 amide bonds. The molecule has 0 saturated carbocycles. The van der Waals surface area contributed by atoms with Gasteiger partial charge in [0, 0.05) is 12.1 Å². The fraction of sp³-hybridized carbons (Fsp3) is 1.00. The first kappa shape index (κ1) is 12.0. The van der Waals surface area contributed by atoms with Crippen molar-refractivity contribution in [2.45, 2.75) is 45.6 Å². The normalized spacial score (nSPS) is 24.9. The van der Waals surface area contributed by atoms with Gasteiger partial charge in [0.15, 0.2) is 0 Å². The maximum absolute atomic E-state index is 3.26. The summed E-state index contributed by atoms with van der Waals surface area (Å²) in [7, 11) is 2.04. The Hall–Kier alpha value is -0.0800. The second kappa shape index (κ2) is 5.13. The van der Waals surface area contributed by atoms with Crippen LogP contribution in [0.4, 0.5) is 0 Å². The van der Waals surface area contributed by atoms with E-state index in [0.717, 1.165) is 12.5 Å². The lowest BCUT2D eigenvalue weighted by Crippen LogP contribution is -2.49. The van der Waals surface area contributed by atoms with E-state index in [1.54, 1.807) is 0 Å². The van der Waals surface area contributed by atoms with Crippen LogP contribution in [0.1, 0.15) is 40.0 Å². The third-order valence-corrected chi connectivity index (χ3v) is 3.41. The van der Waals surface area contributed by atoms with Gasteiger partial charge in [-0.1, -0.05) is 13.3 Å². The maximum Gasteiger partial charge on any atom is 0.0153 e. The fourth-order valence-corrected chi connectivity index (χ4v) is 2.45. The average Bonchev–Trinajstić information content (AvgIpc) is 2.09. The smallest absolute Gasteiger partial charge is 0.0153 e. The molecule has 1 aliphatic heterocycles. The van der Waals surface area contributed by atoms with Crippen LogP contribution in [0.5, 0.6) is 0 Å². The monoisotopic (exact) mass is 198 g/mol. The Morgan fingerprint density at radius 1 is 1.36 bits per heavy atom. The molecule has 14 heavy (non-hydrogen) atoms. The molecular formula is C12H26N2. The second-order valence-corrected chi connectivity index (χ2v) is 5.38. The van der Waals surface area contributed by atoms with Crippen molar-refractivity contribution in [1.29, 1.82) is 0 Å². The van der Waals surface area contributed by atoms with E-state index in [9.17, 15) is 0 Å². The zero-order valence-corrected chi connectivity index (χ0v) is 10.3. The van der Waals surface area contributed by atoms with Crippen LogP contribution in [0, 0.1) is 5.92 Å². The molecule has 1 N–H and O–H groups in total. The molecule has 0 spiro atoms. The lowest BCUT2D eigenvalue weighted by atomic mass is 9.89. The summed E-state index contributed by atoms with van der Waals surface area (Å²) in [5, 5.41) is 3.26. The van der Waals surface area contributed by atoms with Crippen molar-refractivity contribution >= 4 is 0 Å². The van der Waals surface area contributed by atoms with Crippen molar-refractivity contribution in [2.24, 2.45) is 5.92 Å². The zero-order chi connectivity index (χ0) is 10.6. The number of nitrogens with zero attached hydrogens (tertiary/aromatic N) is 1. The lowest BCUT2D eigenvalue weighted by molar-refractivity contribution is 0.0629. The van der Waals surface area contributed by atoms with Gasteiger partial charge in [0.05, 0.1) is 0 Å². The summed E-state index contributed by atoms with van der Waals surface area (Å²) >= 11 is 0. The van der Waals surface area contributed by atoms with Crippen LogP contribution in [0.2, 0.25) is 0 Å². The van der Waals surface area contributed by atoms with E-state index >= 15 is 0 Å². The van der Waals surface area contributed by atoms with Crippen LogP contribution in [0.25, 0.3) is 0 Å². The topological polar surface area (TPSA) is 15.3 Å². The summed E-state index contributed by atoms with van der Waals surface area (Å²) in [4.78, 5) is 2.67. The first-order chi connectivity index (χ1) is 6.56. The van der Waals surface area contributed by atoms with Gasteiger partial charge in [-0.3, -0.25) is 4.90 Å². The second-order valence-electron chi connectivity index (χ2n) is 5.38. The summed E-state index contributed by atoms with van der Waals surface area (Å²) in [6, 6.07) is 0. The Balaban J connectivity index is 2.41. The highest BCUT2D eigenvalue weighted by Gasteiger charge is 2.29. The van der Waals surface area contributed by atoms with E-state index in [1.165, 1.54) is 32.4 Å². The summed E-state index contributed by atoms with van der Waals surface area (Å²) in [6.07, 6.45) is 4.15. The minimum Gasteiger partial charge on any atom is -0.319 e. The van der Waals surface area contributed by atoms with Gasteiger partial charge in [0.1, 0.15) is 0 Å². The predicted octanol–water partition coefficient (Wildman–Crippen LogP) is 2.11. The van der Waals surface area contributed by atoms with Gasteiger partial charge >= 0.3 is 0 Å². The molecule has 0 radical (unpaired) electrons. The Labute approximate surface area is 89.1 Å². The molecule has 84 valence electrons. The van der Waals surface area contributed by atoms with Crippen molar-refractivity contribution in [3.8, 4) is 0 Å². The quantitative estimate of drug-likeness (QED) is 0.744. The third kappa shape index (κ3) is 3.25. The Kier molecular flexibility index (Phi) is 4.39. The number of piperidine rings is 1. The molecule has 0 aromatic carbocycles. The Morgan fingerprint density at radius 2 is 2.07 bits per heavy atom. The number of rotatable bonds is 4. The maximum atomic E-state index is 3.26. The highest BCUT2D eigenvalue weighted by molar-refractivity contribution is 4.86. The van der Waals surface area contributed by atoms with Crippen molar-refractivity contribution in [1.82, 2.24) is 10.2 Å². The third-order valence-electron chi connectivity index (χ3n) is 3.41. The molecule has 1 unspecified atom stereocenters. The molecule has 1 heterocycles. The number of hydrogen-bond acceptors (Lipinski definition) is 2. The largest absolute Gasteiger partial charge is 0.319 e. The van der Waals surface area contributed by atoms with Crippen LogP contribution in [0.15, 0.2) is 0 Å². The number of nitrogens with one attached hydrogen (secondary N) is 1. The van der Waals surface area contributed by atoms with Gasteiger partial charge in [-0.05, 0) is 52.7 Å². The number of likely N-dealkylation sites (tertiary alicyclic amines) is 1. The summed E-state index contributed by atoms with van der Waals surface area (Å²) in [6.45, 7) is 10.8. The zero-order valence-electron chi connectivity index (χ0n) is 10.3. The van der Waals surface area contributed by atoms with Crippen LogP contribution in [-0.4, -0.2) is 37.1 Å². The molecule has 1 rings (SSSR count).